The Kier molecular flexibility index (Phi) is 4.59. The van der Waals surface area contributed by atoms with Gasteiger partial charge in [-0.3, -0.25) is 0 Å². The van der Waals surface area contributed by atoms with Gasteiger partial charge in [0.05, 0.1) is 5.69 Å². The molecule has 1 unspecified atom stereocenters. The molecule has 0 saturated carbocycles. The van der Waals surface area contributed by atoms with Gasteiger partial charge in [-0.1, -0.05) is 17.3 Å². The molecule has 2 rings (SSSR count). The Morgan fingerprint density at radius 1 is 1.33 bits per heavy atom. The van der Waals surface area contributed by atoms with Crippen LogP contribution in [0.5, 0.6) is 0 Å². The number of hydrogen-bond donors (Lipinski definition) is 3. The fourth-order valence-electron chi connectivity index (χ4n) is 2.12. The summed E-state index contributed by atoms with van der Waals surface area (Å²) in [6.07, 6.45) is 0. The van der Waals surface area contributed by atoms with E-state index in [4.69, 9.17) is 10.3 Å². The lowest BCUT2D eigenvalue weighted by Crippen LogP contribution is -2.20. The first kappa shape index (κ1) is 15.1. The summed E-state index contributed by atoms with van der Waals surface area (Å²) in [5.74, 6) is 0.841. The van der Waals surface area contributed by atoms with Gasteiger partial charge < -0.3 is 20.9 Å². The van der Waals surface area contributed by atoms with Crippen molar-refractivity contribution in [1.29, 1.82) is 0 Å². The summed E-state index contributed by atoms with van der Waals surface area (Å²) in [4.78, 5) is 10.8. The largest absolute Gasteiger partial charge is 0.361 e. The van der Waals surface area contributed by atoms with Gasteiger partial charge in [0.2, 0.25) is 0 Å². The minimum Gasteiger partial charge on any atom is -0.361 e. The molecule has 0 aliphatic rings. The van der Waals surface area contributed by atoms with Crippen LogP contribution in [0.15, 0.2) is 28.8 Å². The van der Waals surface area contributed by atoms with Gasteiger partial charge in [-0.25, -0.2) is 4.79 Å². The molecule has 1 aromatic heterocycles. The van der Waals surface area contributed by atoms with Crippen LogP contribution in [0.4, 0.5) is 10.5 Å². The average molecular weight is 288 g/mol. The summed E-state index contributed by atoms with van der Waals surface area (Å²) in [5.41, 5.74) is 8.88. The van der Waals surface area contributed by atoms with E-state index in [1.807, 2.05) is 38.1 Å². The van der Waals surface area contributed by atoms with Crippen molar-refractivity contribution in [3.05, 3.63) is 46.8 Å². The van der Waals surface area contributed by atoms with Crippen molar-refractivity contribution < 1.29 is 9.32 Å². The first-order chi connectivity index (χ1) is 9.97. The number of primary amides is 1. The molecule has 1 atom stereocenters. The molecule has 0 spiro atoms. The number of benzene rings is 1. The topological polar surface area (TPSA) is 93.2 Å². The fraction of sp³-hybridized carbons (Fsp3) is 0.333. The molecular weight excluding hydrogens is 268 g/mol. The number of urea groups is 1. The number of carbonyl (C=O) groups excluding carboxylic acids is 1. The molecule has 0 saturated heterocycles. The molecule has 4 N–H and O–H groups in total. The molecule has 112 valence electrons. The third-order valence-electron chi connectivity index (χ3n) is 3.44. The summed E-state index contributed by atoms with van der Waals surface area (Å²) in [6.45, 7) is 6.62. The highest BCUT2D eigenvalue weighted by Gasteiger charge is 2.11. The number of aromatic nitrogens is 1. The molecule has 0 aliphatic heterocycles. The van der Waals surface area contributed by atoms with Crippen LogP contribution in [0.25, 0.3) is 0 Å². The lowest BCUT2D eigenvalue weighted by Gasteiger charge is -2.14. The van der Waals surface area contributed by atoms with Crippen molar-refractivity contribution in [3.63, 3.8) is 0 Å². The molecule has 2 aromatic rings. The van der Waals surface area contributed by atoms with Crippen molar-refractivity contribution >= 4 is 11.7 Å². The number of nitrogens with one attached hydrogen (secondary N) is 2. The van der Waals surface area contributed by atoms with Crippen LogP contribution in [0.3, 0.4) is 0 Å². The molecule has 0 aliphatic carbocycles. The minimum atomic E-state index is -0.563. The molecule has 21 heavy (non-hydrogen) atoms. The molecule has 2 amide bonds. The van der Waals surface area contributed by atoms with E-state index >= 15 is 0 Å². The third kappa shape index (κ3) is 3.82. The lowest BCUT2D eigenvalue weighted by molar-refractivity contribution is 0.259. The van der Waals surface area contributed by atoms with Gasteiger partial charge in [-0.05, 0) is 38.5 Å². The minimum absolute atomic E-state index is 0.168. The van der Waals surface area contributed by atoms with Crippen molar-refractivity contribution in [2.75, 3.05) is 5.32 Å². The standard InChI is InChI=1S/C15H20N4O2/c1-9(17-8-14-10(2)19-21-11(14)3)12-4-6-13(7-5-12)18-15(16)20/h4-7,9,17H,8H2,1-3H3,(H3,16,18,20). The Morgan fingerprint density at radius 3 is 2.52 bits per heavy atom. The van der Waals surface area contributed by atoms with E-state index in [-0.39, 0.29) is 6.04 Å². The van der Waals surface area contributed by atoms with Crippen LogP contribution >= 0.6 is 0 Å². The molecule has 6 heteroatoms. The summed E-state index contributed by atoms with van der Waals surface area (Å²) < 4.78 is 5.14. The zero-order valence-electron chi connectivity index (χ0n) is 12.4. The third-order valence-corrected chi connectivity index (χ3v) is 3.44. The van der Waals surface area contributed by atoms with E-state index in [0.717, 1.165) is 22.6 Å². The Balaban J connectivity index is 1.97. The molecule has 0 bridgehead atoms. The number of nitrogens with two attached hydrogens (primary N) is 1. The highest BCUT2D eigenvalue weighted by atomic mass is 16.5. The van der Waals surface area contributed by atoms with Crippen LogP contribution in [0, 0.1) is 13.8 Å². The van der Waals surface area contributed by atoms with Gasteiger partial charge in [-0.15, -0.1) is 0 Å². The fourth-order valence-corrected chi connectivity index (χ4v) is 2.12. The number of aryl methyl sites for hydroxylation is 2. The van der Waals surface area contributed by atoms with E-state index < -0.39 is 6.03 Å². The van der Waals surface area contributed by atoms with Gasteiger partial charge in [-0.2, -0.15) is 0 Å². The maximum Gasteiger partial charge on any atom is 0.316 e. The smallest absolute Gasteiger partial charge is 0.316 e. The van der Waals surface area contributed by atoms with Crippen molar-refractivity contribution in [2.24, 2.45) is 5.73 Å². The first-order valence-electron chi connectivity index (χ1n) is 6.79. The maximum atomic E-state index is 10.8. The van der Waals surface area contributed by atoms with Gasteiger partial charge >= 0.3 is 6.03 Å². The summed E-state index contributed by atoms with van der Waals surface area (Å²) >= 11 is 0. The molecule has 1 heterocycles. The average Bonchev–Trinajstić information content (AvgIpc) is 2.75. The zero-order valence-corrected chi connectivity index (χ0v) is 12.4. The molecular formula is C15H20N4O2. The highest BCUT2D eigenvalue weighted by molar-refractivity contribution is 5.87. The highest BCUT2D eigenvalue weighted by Crippen LogP contribution is 2.18. The lowest BCUT2D eigenvalue weighted by atomic mass is 10.1. The van der Waals surface area contributed by atoms with Crippen molar-refractivity contribution in [2.45, 2.75) is 33.4 Å². The van der Waals surface area contributed by atoms with Gasteiger partial charge in [0, 0.05) is 23.8 Å². The van der Waals surface area contributed by atoms with E-state index in [2.05, 4.69) is 22.7 Å². The van der Waals surface area contributed by atoms with E-state index in [1.54, 1.807) is 0 Å². The second-order valence-electron chi connectivity index (χ2n) is 5.02. The Hall–Kier alpha value is -2.34. The number of amides is 2. The van der Waals surface area contributed by atoms with Crippen molar-refractivity contribution in [3.8, 4) is 0 Å². The number of rotatable bonds is 5. The summed E-state index contributed by atoms with van der Waals surface area (Å²) in [6, 6.07) is 7.17. The van der Waals surface area contributed by atoms with Crippen molar-refractivity contribution in [1.82, 2.24) is 10.5 Å². The number of anilines is 1. The number of hydrogen-bond acceptors (Lipinski definition) is 4. The Labute approximate surface area is 123 Å². The van der Waals surface area contributed by atoms with Crippen LogP contribution < -0.4 is 16.4 Å². The van der Waals surface area contributed by atoms with Gasteiger partial charge in [0.1, 0.15) is 5.76 Å². The maximum absolute atomic E-state index is 10.8. The van der Waals surface area contributed by atoms with Crippen LogP contribution in [-0.4, -0.2) is 11.2 Å². The van der Waals surface area contributed by atoms with E-state index in [1.165, 1.54) is 0 Å². The molecule has 0 radical (unpaired) electrons. The van der Waals surface area contributed by atoms with E-state index in [9.17, 15) is 4.79 Å². The normalized spacial score (nSPS) is 12.1. The second-order valence-corrected chi connectivity index (χ2v) is 5.02. The van der Waals surface area contributed by atoms with E-state index in [0.29, 0.717) is 12.2 Å². The van der Waals surface area contributed by atoms with Crippen LogP contribution in [0.2, 0.25) is 0 Å². The van der Waals surface area contributed by atoms with Gasteiger partial charge in [0.25, 0.3) is 0 Å². The zero-order chi connectivity index (χ0) is 15.4. The summed E-state index contributed by atoms with van der Waals surface area (Å²) in [7, 11) is 0. The quantitative estimate of drug-likeness (QED) is 0.788. The Bertz CT molecular complexity index is 600. The number of nitrogens with zero attached hydrogens (tertiary/aromatic N) is 1. The molecule has 1 aromatic carbocycles. The monoisotopic (exact) mass is 288 g/mol. The first-order valence-corrected chi connectivity index (χ1v) is 6.79. The molecule has 0 fully saturated rings. The SMILES string of the molecule is Cc1noc(C)c1CNC(C)c1ccc(NC(N)=O)cc1. The Morgan fingerprint density at radius 2 is 2.00 bits per heavy atom. The van der Waals surface area contributed by atoms with Crippen LogP contribution in [-0.2, 0) is 6.54 Å². The number of carbonyl (C=O) groups is 1. The van der Waals surface area contributed by atoms with Gasteiger partial charge in [0.15, 0.2) is 0 Å². The van der Waals surface area contributed by atoms with Crippen LogP contribution in [0.1, 0.15) is 35.5 Å². The predicted molar refractivity (Wildman–Crippen MR) is 80.9 cm³/mol. The second kappa shape index (κ2) is 6.41. The predicted octanol–water partition coefficient (Wildman–Crippen LogP) is 2.63. The molecule has 6 nitrogen and oxygen atoms in total. The summed E-state index contributed by atoms with van der Waals surface area (Å²) in [5, 5.41) is 9.91.